The van der Waals surface area contributed by atoms with E-state index in [1.165, 1.54) is 57.9 Å². The molecule has 1 saturated carbocycles. The molecule has 90 valence electrons. The lowest BCUT2D eigenvalue weighted by molar-refractivity contribution is 0.214. The summed E-state index contributed by atoms with van der Waals surface area (Å²) in [6.07, 6.45) is 11.7. The maximum absolute atomic E-state index is 3.54. The Hall–Kier alpha value is -0.0400. The van der Waals surface area contributed by atoms with Gasteiger partial charge in [-0.25, -0.2) is 0 Å². The maximum Gasteiger partial charge on any atom is -0.00180 e. The largest absolute Gasteiger partial charge is 0.317 e. The van der Waals surface area contributed by atoms with E-state index in [-0.39, 0.29) is 0 Å². The van der Waals surface area contributed by atoms with Crippen LogP contribution in [0.4, 0.5) is 0 Å². The predicted octanol–water partition coefficient (Wildman–Crippen LogP) is 3.98. The van der Waals surface area contributed by atoms with Gasteiger partial charge in [0.15, 0.2) is 0 Å². The zero-order valence-corrected chi connectivity index (χ0v) is 10.7. The van der Waals surface area contributed by atoms with Crippen molar-refractivity contribution in [1.29, 1.82) is 0 Å². The average molecular weight is 211 g/mol. The molecule has 1 nitrogen and oxygen atoms in total. The van der Waals surface area contributed by atoms with E-state index in [2.05, 4.69) is 19.2 Å². The molecular formula is C14H29N. The van der Waals surface area contributed by atoms with Crippen molar-refractivity contribution in [3.8, 4) is 0 Å². The molecule has 0 heterocycles. The quantitative estimate of drug-likeness (QED) is 0.628. The van der Waals surface area contributed by atoms with E-state index in [0.717, 1.165) is 18.4 Å². The average Bonchev–Trinajstić information content (AvgIpc) is 2.28. The zero-order valence-electron chi connectivity index (χ0n) is 10.7. The van der Waals surface area contributed by atoms with Gasteiger partial charge in [-0.1, -0.05) is 58.8 Å². The molecule has 0 bridgehead atoms. The molecule has 0 aromatic rings. The first-order chi connectivity index (χ1) is 7.38. The number of nitrogens with one attached hydrogen (secondary N) is 1. The molecule has 0 aliphatic heterocycles. The Labute approximate surface area is 96.0 Å². The van der Waals surface area contributed by atoms with Crippen molar-refractivity contribution >= 4 is 0 Å². The first-order valence-corrected chi connectivity index (χ1v) is 7.09. The molecule has 0 amide bonds. The molecule has 0 aromatic carbocycles. The highest BCUT2D eigenvalue weighted by Gasteiger charge is 2.23. The van der Waals surface area contributed by atoms with E-state index < -0.39 is 0 Å². The summed E-state index contributed by atoms with van der Waals surface area (Å²) >= 11 is 0. The summed E-state index contributed by atoms with van der Waals surface area (Å²) in [6.45, 7) is 6.93. The fraction of sp³-hybridized carbons (Fsp3) is 1.00. The minimum Gasteiger partial charge on any atom is -0.317 e. The Morgan fingerprint density at radius 2 is 1.73 bits per heavy atom. The van der Waals surface area contributed by atoms with E-state index in [4.69, 9.17) is 0 Å². The van der Waals surface area contributed by atoms with Crippen LogP contribution in [0.2, 0.25) is 0 Å². The fourth-order valence-electron chi connectivity index (χ4n) is 2.92. The molecule has 1 rings (SSSR count). The molecule has 0 radical (unpaired) electrons. The third-order valence-electron chi connectivity index (χ3n) is 3.90. The standard InChI is InChI=1S/C14H29N/c1-3-5-6-9-13-10-7-8-11-14(13)12-15-4-2/h13-15H,3-12H2,1-2H3. The first kappa shape index (κ1) is 13.0. The van der Waals surface area contributed by atoms with Crippen molar-refractivity contribution in [1.82, 2.24) is 5.32 Å². The molecule has 15 heavy (non-hydrogen) atoms. The maximum atomic E-state index is 3.54. The van der Waals surface area contributed by atoms with Crippen molar-refractivity contribution in [2.45, 2.75) is 65.2 Å². The van der Waals surface area contributed by atoms with Crippen molar-refractivity contribution in [3.63, 3.8) is 0 Å². The molecule has 1 aliphatic carbocycles. The molecule has 2 atom stereocenters. The van der Waals surface area contributed by atoms with E-state index in [0.29, 0.717) is 0 Å². The van der Waals surface area contributed by atoms with Crippen LogP contribution in [-0.4, -0.2) is 13.1 Å². The van der Waals surface area contributed by atoms with E-state index in [9.17, 15) is 0 Å². The SMILES string of the molecule is CCCCCC1CCCCC1CNCC. The molecule has 0 saturated heterocycles. The van der Waals surface area contributed by atoms with Crippen molar-refractivity contribution in [2.24, 2.45) is 11.8 Å². The highest BCUT2D eigenvalue weighted by atomic mass is 14.8. The van der Waals surface area contributed by atoms with Crippen molar-refractivity contribution < 1.29 is 0 Å². The van der Waals surface area contributed by atoms with Gasteiger partial charge in [0.05, 0.1) is 0 Å². The van der Waals surface area contributed by atoms with Gasteiger partial charge in [0.1, 0.15) is 0 Å². The lowest BCUT2D eigenvalue weighted by atomic mass is 9.76. The highest BCUT2D eigenvalue weighted by Crippen LogP contribution is 2.33. The first-order valence-electron chi connectivity index (χ1n) is 7.09. The number of hydrogen-bond acceptors (Lipinski definition) is 1. The van der Waals surface area contributed by atoms with Gasteiger partial charge in [-0.3, -0.25) is 0 Å². The van der Waals surface area contributed by atoms with Gasteiger partial charge < -0.3 is 5.32 Å². The second-order valence-corrected chi connectivity index (χ2v) is 5.11. The number of hydrogen-bond donors (Lipinski definition) is 1. The molecule has 0 aromatic heterocycles. The lowest BCUT2D eigenvalue weighted by Gasteiger charge is -2.31. The summed E-state index contributed by atoms with van der Waals surface area (Å²) in [4.78, 5) is 0. The number of rotatable bonds is 7. The van der Waals surface area contributed by atoms with Crippen LogP contribution >= 0.6 is 0 Å². The third kappa shape index (κ3) is 5.01. The number of unbranched alkanes of at least 4 members (excludes halogenated alkanes) is 2. The van der Waals surface area contributed by atoms with Crippen LogP contribution in [0.15, 0.2) is 0 Å². The van der Waals surface area contributed by atoms with Crippen LogP contribution in [0, 0.1) is 11.8 Å². The summed E-state index contributed by atoms with van der Waals surface area (Å²) in [5, 5.41) is 3.54. The van der Waals surface area contributed by atoms with Crippen LogP contribution in [-0.2, 0) is 0 Å². The Morgan fingerprint density at radius 1 is 1.00 bits per heavy atom. The summed E-state index contributed by atoms with van der Waals surface area (Å²) in [5.41, 5.74) is 0. The topological polar surface area (TPSA) is 12.0 Å². The summed E-state index contributed by atoms with van der Waals surface area (Å²) in [5.74, 6) is 2.01. The summed E-state index contributed by atoms with van der Waals surface area (Å²) in [6, 6.07) is 0. The second kappa shape index (κ2) is 8.15. The van der Waals surface area contributed by atoms with Gasteiger partial charge in [-0.2, -0.15) is 0 Å². The fourth-order valence-corrected chi connectivity index (χ4v) is 2.92. The van der Waals surface area contributed by atoms with Gasteiger partial charge in [0, 0.05) is 0 Å². The summed E-state index contributed by atoms with van der Waals surface area (Å²) < 4.78 is 0. The normalized spacial score (nSPS) is 26.8. The van der Waals surface area contributed by atoms with Gasteiger partial charge in [-0.05, 0) is 31.3 Å². The minimum absolute atomic E-state index is 0.982. The molecular weight excluding hydrogens is 182 g/mol. The minimum atomic E-state index is 0.982. The van der Waals surface area contributed by atoms with Crippen LogP contribution in [0.1, 0.15) is 65.2 Å². The van der Waals surface area contributed by atoms with Crippen LogP contribution in [0.5, 0.6) is 0 Å². The molecule has 2 unspecified atom stereocenters. The summed E-state index contributed by atoms with van der Waals surface area (Å²) in [7, 11) is 0. The van der Waals surface area contributed by atoms with E-state index in [1.807, 2.05) is 0 Å². The second-order valence-electron chi connectivity index (χ2n) is 5.11. The predicted molar refractivity (Wildman–Crippen MR) is 68.1 cm³/mol. The van der Waals surface area contributed by atoms with Crippen LogP contribution < -0.4 is 5.32 Å². The molecule has 1 fully saturated rings. The zero-order chi connectivity index (χ0) is 10.9. The Bertz CT molecular complexity index is 144. The lowest BCUT2D eigenvalue weighted by Crippen LogP contribution is -2.30. The van der Waals surface area contributed by atoms with Crippen LogP contribution in [0.3, 0.4) is 0 Å². The molecule has 1 N–H and O–H groups in total. The smallest absolute Gasteiger partial charge is 0.00180 e. The van der Waals surface area contributed by atoms with Crippen molar-refractivity contribution in [2.75, 3.05) is 13.1 Å². The molecule has 0 spiro atoms. The molecule has 1 aliphatic rings. The molecule has 1 heteroatoms. The van der Waals surface area contributed by atoms with E-state index >= 15 is 0 Å². The monoisotopic (exact) mass is 211 g/mol. The van der Waals surface area contributed by atoms with Crippen molar-refractivity contribution in [3.05, 3.63) is 0 Å². The van der Waals surface area contributed by atoms with Gasteiger partial charge in [0.25, 0.3) is 0 Å². The Morgan fingerprint density at radius 3 is 2.40 bits per heavy atom. The third-order valence-corrected chi connectivity index (χ3v) is 3.90. The Kier molecular flexibility index (Phi) is 7.08. The van der Waals surface area contributed by atoms with Crippen LogP contribution in [0.25, 0.3) is 0 Å². The van der Waals surface area contributed by atoms with Gasteiger partial charge >= 0.3 is 0 Å². The highest BCUT2D eigenvalue weighted by molar-refractivity contribution is 4.77. The van der Waals surface area contributed by atoms with Gasteiger partial charge in [0.2, 0.25) is 0 Å². The Balaban J connectivity index is 2.22. The van der Waals surface area contributed by atoms with Gasteiger partial charge in [-0.15, -0.1) is 0 Å². The van der Waals surface area contributed by atoms with E-state index in [1.54, 1.807) is 0 Å².